The Morgan fingerprint density at radius 2 is 1.67 bits per heavy atom. The summed E-state index contributed by atoms with van der Waals surface area (Å²) in [4.78, 5) is 36.8. The Morgan fingerprint density at radius 3 is 2.37 bits per heavy atom. The van der Waals surface area contributed by atoms with Crippen LogP contribution in [-0.2, 0) is 27.2 Å². The van der Waals surface area contributed by atoms with Crippen LogP contribution in [0.4, 0.5) is 5.69 Å². The number of carbonyl (C=O) groups is 3. The molecule has 1 aliphatic carbocycles. The van der Waals surface area contributed by atoms with Crippen molar-refractivity contribution in [3.05, 3.63) is 59.2 Å². The zero-order valence-corrected chi connectivity index (χ0v) is 17.4. The maximum Gasteiger partial charge on any atom is 0.307 e. The second-order valence-corrected chi connectivity index (χ2v) is 7.46. The van der Waals surface area contributed by atoms with Gasteiger partial charge in [0, 0.05) is 17.7 Å². The number of ether oxygens (including phenoxy) is 2. The molecule has 6 heteroatoms. The van der Waals surface area contributed by atoms with Gasteiger partial charge in [-0.25, -0.2) is 0 Å². The Balaban J connectivity index is 1.46. The summed E-state index contributed by atoms with van der Waals surface area (Å²) in [7, 11) is 1.56. The molecule has 0 fully saturated rings. The smallest absolute Gasteiger partial charge is 0.307 e. The molecule has 0 heterocycles. The Kier molecular flexibility index (Phi) is 7.22. The van der Waals surface area contributed by atoms with Crippen LogP contribution in [0.25, 0.3) is 0 Å². The second-order valence-electron chi connectivity index (χ2n) is 7.46. The number of carbonyl (C=O) groups excluding carboxylic acids is 3. The van der Waals surface area contributed by atoms with Crippen molar-refractivity contribution in [2.24, 2.45) is 0 Å². The van der Waals surface area contributed by atoms with Gasteiger partial charge < -0.3 is 14.8 Å². The maximum absolute atomic E-state index is 12.5. The second kappa shape index (κ2) is 10.1. The number of nitrogens with one attached hydrogen (secondary N) is 1. The summed E-state index contributed by atoms with van der Waals surface area (Å²) < 4.78 is 10.2. The summed E-state index contributed by atoms with van der Waals surface area (Å²) in [6.45, 7) is 1.50. The van der Waals surface area contributed by atoms with E-state index in [4.69, 9.17) is 9.47 Å². The Morgan fingerprint density at radius 1 is 0.967 bits per heavy atom. The van der Waals surface area contributed by atoms with Gasteiger partial charge in [-0.2, -0.15) is 0 Å². The minimum Gasteiger partial charge on any atom is -0.497 e. The lowest BCUT2D eigenvalue weighted by molar-refractivity contribution is -0.153. The maximum atomic E-state index is 12.5. The molecule has 30 heavy (non-hydrogen) atoms. The van der Waals surface area contributed by atoms with Gasteiger partial charge in [-0.15, -0.1) is 0 Å². The first-order valence-electron chi connectivity index (χ1n) is 10.3. The van der Waals surface area contributed by atoms with Crippen LogP contribution in [0, 0.1) is 0 Å². The number of methoxy groups -OCH3 is 1. The van der Waals surface area contributed by atoms with Gasteiger partial charge in [-0.1, -0.05) is 12.1 Å². The number of Topliss-reactive ketones (excluding diaryl/α,β-unsaturated/α-hetero) is 1. The molecule has 6 nitrogen and oxygen atoms in total. The molecule has 3 rings (SSSR count). The number of rotatable bonds is 8. The van der Waals surface area contributed by atoms with Crippen LogP contribution in [0.1, 0.15) is 54.1 Å². The Labute approximate surface area is 176 Å². The number of amides is 1. The average Bonchev–Trinajstić information content (AvgIpc) is 2.77. The van der Waals surface area contributed by atoms with Crippen LogP contribution >= 0.6 is 0 Å². The van der Waals surface area contributed by atoms with Crippen molar-refractivity contribution in [3.63, 3.8) is 0 Å². The molecule has 0 aliphatic heterocycles. The van der Waals surface area contributed by atoms with Crippen LogP contribution in [0.5, 0.6) is 5.75 Å². The van der Waals surface area contributed by atoms with Crippen molar-refractivity contribution >= 4 is 23.3 Å². The molecule has 1 amide bonds. The van der Waals surface area contributed by atoms with E-state index in [1.165, 1.54) is 24.5 Å². The standard InChI is InChI=1S/C24H27NO5/c1-16(24(28)25-20-9-11-21(29-2)12-10-20)30-23(27)14-13-22(26)19-8-7-17-5-3-4-6-18(17)15-19/h7-12,15-16H,3-6,13-14H2,1-2H3,(H,25,28)/t16-/m1/s1. The molecule has 0 bridgehead atoms. The van der Waals surface area contributed by atoms with Gasteiger partial charge in [-0.05, 0) is 74.1 Å². The fraction of sp³-hybridized carbons (Fsp3) is 0.375. The Hall–Kier alpha value is -3.15. The molecule has 1 aliphatic rings. The van der Waals surface area contributed by atoms with Crippen molar-refractivity contribution in [2.75, 3.05) is 12.4 Å². The number of hydrogen-bond donors (Lipinski definition) is 1. The molecular formula is C24H27NO5. The van der Waals surface area contributed by atoms with Crippen molar-refractivity contribution in [1.29, 1.82) is 0 Å². The molecule has 158 valence electrons. The topological polar surface area (TPSA) is 81.7 Å². The van der Waals surface area contributed by atoms with E-state index < -0.39 is 18.0 Å². The molecule has 0 unspecified atom stereocenters. The molecule has 0 aromatic heterocycles. The number of hydrogen-bond acceptors (Lipinski definition) is 5. The predicted molar refractivity (Wildman–Crippen MR) is 114 cm³/mol. The number of ketones is 1. The van der Waals surface area contributed by atoms with E-state index in [2.05, 4.69) is 5.32 Å². The minimum absolute atomic E-state index is 0.0595. The van der Waals surface area contributed by atoms with E-state index in [9.17, 15) is 14.4 Å². The van der Waals surface area contributed by atoms with E-state index in [0.29, 0.717) is 17.0 Å². The quantitative estimate of drug-likeness (QED) is 0.524. The first-order chi connectivity index (χ1) is 14.5. The molecule has 0 spiro atoms. The zero-order valence-electron chi connectivity index (χ0n) is 17.4. The minimum atomic E-state index is -0.960. The lowest BCUT2D eigenvalue weighted by atomic mass is 9.89. The van der Waals surface area contributed by atoms with E-state index in [1.54, 1.807) is 31.4 Å². The monoisotopic (exact) mass is 409 g/mol. The highest BCUT2D eigenvalue weighted by atomic mass is 16.5. The van der Waals surface area contributed by atoms with Gasteiger partial charge in [-0.3, -0.25) is 14.4 Å². The SMILES string of the molecule is COc1ccc(NC(=O)[C@@H](C)OC(=O)CCC(=O)c2ccc3c(c2)CCCC3)cc1. The summed E-state index contributed by atoms with van der Waals surface area (Å²) in [5.41, 5.74) is 3.76. The first kappa shape index (κ1) is 21.6. The van der Waals surface area contributed by atoms with Crippen LogP contribution in [-0.4, -0.2) is 30.9 Å². The highest BCUT2D eigenvalue weighted by Crippen LogP contribution is 2.23. The van der Waals surface area contributed by atoms with Crippen molar-refractivity contribution in [1.82, 2.24) is 0 Å². The molecule has 1 atom stereocenters. The molecule has 0 saturated carbocycles. The summed E-state index contributed by atoms with van der Waals surface area (Å²) in [6.07, 6.45) is 3.44. The fourth-order valence-electron chi connectivity index (χ4n) is 3.49. The zero-order chi connectivity index (χ0) is 21.5. The van der Waals surface area contributed by atoms with Gasteiger partial charge in [0.25, 0.3) is 5.91 Å². The van der Waals surface area contributed by atoms with E-state index >= 15 is 0 Å². The van der Waals surface area contributed by atoms with Crippen LogP contribution in [0.3, 0.4) is 0 Å². The molecule has 1 N–H and O–H groups in total. The number of benzene rings is 2. The number of esters is 1. The largest absolute Gasteiger partial charge is 0.497 e. The van der Waals surface area contributed by atoms with Gasteiger partial charge in [0.2, 0.25) is 0 Å². The summed E-state index contributed by atoms with van der Waals surface area (Å²) in [6, 6.07) is 12.6. The number of aryl methyl sites for hydroxylation is 2. The van der Waals surface area contributed by atoms with Crippen LogP contribution < -0.4 is 10.1 Å². The summed E-state index contributed by atoms with van der Waals surface area (Å²) >= 11 is 0. The Bertz CT molecular complexity index is 920. The lowest BCUT2D eigenvalue weighted by Gasteiger charge is -2.16. The highest BCUT2D eigenvalue weighted by molar-refractivity contribution is 5.98. The molecule has 2 aromatic rings. The summed E-state index contributed by atoms with van der Waals surface area (Å²) in [5.74, 6) is -0.417. The van der Waals surface area contributed by atoms with Crippen LogP contribution in [0.2, 0.25) is 0 Å². The third kappa shape index (κ3) is 5.69. The molecule has 0 radical (unpaired) electrons. The molecular weight excluding hydrogens is 382 g/mol. The molecule has 2 aromatic carbocycles. The van der Waals surface area contributed by atoms with Crippen LogP contribution in [0.15, 0.2) is 42.5 Å². The molecule has 0 saturated heterocycles. The van der Waals surface area contributed by atoms with Crippen molar-refractivity contribution in [2.45, 2.75) is 51.6 Å². The van der Waals surface area contributed by atoms with Gasteiger partial charge in [0.05, 0.1) is 13.5 Å². The third-order valence-corrected chi connectivity index (χ3v) is 5.26. The van der Waals surface area contributed by atoms with E-state index in [0.717, 1.165) is 19.3 Å². The highest BCUT2D eigenvalue weighted by Gasteiger charge is 2.19. The predicted octanol–water partition coefficient (Wildman–Crippen LogP) is 4.11. The first-order valence-corrected chi connectivity index (χ1v) is 10.3. The van der Waals surface area contributed by atoms with E-state index in [1.807, 2.05) is 18.2 Å². The number of fused-ring (bicyclic) bond motifs is 1. The fourth-order valence-corrected chi connectivity index (χ4v) is 3.49. The average molecular weight is 409 g/mol. The number of anilines is 1. The van der Waals surface area contributed by atoms with Gasteiger partial charge in [0.1, 0.15) is 5.75 Å². The third-order valence-electron chi connectivity index (χ3n) is 5.26. The van der Waals surface area contributed by atoms with Crippen molar-refractivity contribution < 1.29 is 23.9 Å². The lowest BCUT2D eigenvalue weighted by Crippen LogP contribution is -2.30. The normalized spacial score (nSPS) is 13.7. The van der Waals surface area contributed by atoms with Crippen molar-refractivity contribution in [3.8, 4) is 5.75 Å². The van der Waals surface area contributed by atoms with Gasteiger partial charge >= 0.3 is 5.97 Å². The summed E-state index contributed by atoms with van der Waals surface area (Å²) in [5, 5.41) is 2.68. The van der Waals surface area contributed by atoms with Gasteiger partial charge in [0.15, 0.2) is 11.9 Å². The van der Waals surface area contributed by atoms with E-state index in [-0.39, 0.29) is 18.6 Å².